The summed E-state index contributed by atoms with van der Waals surface area (Å²) in [6, 6.07) is 9.47. The Labute approximate surface area is 220 Å². The number of unbranched alkanes of at least 4 members (excludes halogenated alkanes) is 8. The van der Waals surface area contributed by atoms with Gasteiger partial charge in [-0.25, -0.2) is 8.42 Å². The van der Waals surface area contributed by atoms with E-state index < -0.39 is 10.1 Å². The molecule has 0 saturated carbocycles. The van der Waals surface area contributed by atoms with Gasteiger partial charge in [0.05, 0.1) is 4.90 Å². The Balaban J connectivity index is 0.00000420. The Morgan fingerprint density at radius 3 is 1.93 bits per heavy atom. The van der Waals surface area contributed by atoms with Gasteiger partial charge in [0.25, 0.3) is 0 Å². The first-order valence-electron chi connectivity index (χ1n) is 11.0. The number of fused-ring (bicyclic) bond motifs is 1. The van der Waals surface area contributed by atoms with Crippen LogP contribution in [0.15, 0.2) is 35.2 Å². The molecule has 0 spiro atoms. The van der Waals surface area contributed by atoms with Crippen molar-refractivity contribution in [2.45, 2.75) is 95.8 Å². The van der Waals surface area contributed by atoms with Crippen LogP contribution in [0.4, 0.5) is 0 Å². The normalized spacial score (nSPS) is 11.6. The molecule has 0 aliphatic carbocycles. The molecule has 29 heavy (non-hydrogen) atoms. The van der Waals surface area contributed by atoms with Crippen LogP contribution in [0.1, 0.15) is 89.2 Å². The zero-order valence-electron chi connectivity index (χ0n) is 18.5. The van der Waals surface area contributed by atoms with E-state index in [1.807, 2.05) is 12.1 Å². The first kappa shape index (κ1) is 27.3. The van der Waals surface area contributed by atoms with Gasteiger partial charge in [-0.3, -0.25) is 0 Å². The zero-order valence-corrected chi connectivity index (χ0v) is 22.4. The monoisotopic (exact) mass is 442 g/mol. The molecule has 0 amide bonds. The molecule has 0 atom stereocenters. The third kappa shape index (κ3) is 8.72. The van der Waals surface area contributed by atoms with Gasteiger partial charge in [-0.05, 0) is 53.6 Å². The van der Waals surface area contributed by atoms with Crippen molar-refractivity contribution in [2.75, 3.05) is 0 Å². The van der Waals surface area contributed by atoms with Gasteiger partial charge < -0.3 is 4.55 Å². The van der Waals surface area contributed by atoms with Gasteiger partial charge in [0, 0.05) is 0 Å². The van der Waals surface area contributed by atoms with Crippen LogP contribution in [0.2, 0.25) is 0 Å². The third-order valence-electron chi connectivity index (χ3n) is 5.55. The molecule has 0 saturated heterocycles. The van der Waals surface area contributed by atoms with Crippen molar-refractivity contribution in [3.8, 4) is 0 Å². The summed E-state index contributed by atoms with van der Waals surface area (Å²) in [5.41, 5.74) is 1.93. The number of rotatable bonds is 13. The van der Waals surface area contributed by atoms with Crippen LogP contribution in [0, 0.1) is 0 Å². The molecule has 156 valence electrons. The van der Waals surface area contributed by atoms with Gasteiger partial charge >= 0.3 is 51.4 Å². The second-order valence-corrected chi connectivity index (χ2v) is 9.19. The van der Waals surface area contributed by atoms with E-state index >= 15 is 0 Å². The maximum absolute atomic E-state index is 11.9. The summed E-state index contributed by atoms with van der Waals surface area (Å²) in [4.78, 5) is -0.0195. The van der Waals surface area contributed by atoms with Crippen molar-refractivity contribution in [3.63, 3.8) is 0 Å². The van der Waals surface area contributed by atoms with Crippen molar-refractivity contribution in [1.82, 2.24) is 0 Å². The number of aryl methyl sites for hydroxylation is 2. The fourth-order valence-corrected chi connectivity index (χ4v) is 4.77. The minimum absolute atomic E-state index is 0. The molecule has 5 heteroatoms. The summed E-state index contributed by atoms with van der Waals surface area (Å²) in [6.07, 6.45) is 13.1. The van der Waals surface area contributed by atoms with Crippen LogP contribution in [0.3, 0.4) is 0 Å². The van der Waals surface area contributed by atoms with Crippen molar-refractivity contribution in [3.05, 3.63) is 41.5 Å². The van der Waals surface area contributed by atoms with E-state index in [4.69, 9.17) is 0 Å². The van der Waals surface area contributed by atoms with Crippen molar-refractivity contribution in [1.29, 1.82) is 0 Å². The predicted molar refractivity (Wildman–Crippen MR) is 117 cm³/mol. The Morgan fingerprint density at radius 1 is 0.759 bits per heavy atom. The molecule has 0 unspecified atom stereocenters. The summed E-state index contributed by atoms with van der Waals surface area (Å²) >= 11 is 0. The minimum atomic E-state index is -4.47. The SMILES string of the molecule is CCCCCCCc1cccc2ccc(S(=O)(=O)[O-])c(CCCCCCC)c12.[K+]. The van der Waals surface area contributed by atoms with Gasteiger partial charge in [0.15, 0.2) is 0 Å². The second kappa shape index (κ2) is 14.3. The average Bonchev–Trinajstić information content (AvgIpc) is 2.66. The molecule has 0 aliphatic rings. The molecular formula is C24H35KO3S. The molecule has 2 aromatic rings. The summed E-state index contributed by atoms with van der Waals surface area (Å²) in [5.74, 6) is 0. The van der Waals surface area contributed by atoms with E-state index in [2.05, 4.69) is 19.9 Å². The number of hydrogen-bond donors (Lipinski definition) is 0. The number of benzene rings is 2. The second-order valence-electron chi connectivity index (χ2n) is 7.84. The van der Waals surface area contributed by atoms with Gasteiger partial charge in [-0.15, -0.1) is 0 Å². The molecule has 0 bridgehead atoms. The number of hydrogen-bond acceptors (Lipinski definition) is 3. The summed E-state index contributed by atoms with van der Waals surface area (Å²) in [6.45, 7) is 4.39. The van der Waals surface area contributed by atoms with Crippen LogP contribution in [0.25, 0.3) is 10.8 Å². The van der Waals surface area contributed by atoms with Gasteiger partial charge in [-0.1, -0.05) is 89.5 Å². The van der Waals surface area contributed by atoms with Gasteiger partial charge in [0.1, 0.15) is 10.1 Å². The van der Waals surface area contributed by atoms with Crippen molar-refractivity contribution >= 4 is 20.9 Å². The molecule has 2 rings (SSSR count). The van der Waals surface area contributed by atoms with Gasteiger partial charge in [0.2, 0.25) is 0 Å². The molecule has 3 nitrogen and oxygen atoms in total. The fraction of sp³-hybridized carbons (Fsp3) is 0.583. The van der Waals surface area contributed by atoms with Crippen molar-refractivity contribution in [2.24, 2.45) is 0 Å². The maximum atomic E-state index is 11.9. The van der Waals surface area contributed by atoms with Crippen molar-refractivity contribution < 1.29 is 64.4 Å². The zero-order chi connectivity index (χ0) is 20.4. The maximum Gasteiger partial charge on any atom is 1.00 e. The van der Waals surface area contributed by atoms with E-state index in [0.717, 1.165) is 48.4 Å². The van der Waals surface area contributed by atoms with Crippen LogP contribution in [-0.2, 0) is 23.0 Å². The molecule has 0 heterocycles. The van der Waals surface area contributed by atoms with Crippen LogP contribution in [0.5, 0.6) is 0 Å². The van der Waals surface area contributed by atoms with E-state index in [1.165, 1.54) is 50.2 Å². The largest absolute Gasteiger partial charge is 1.00 e. The first-order chi connectivity index (χ1) is 13.5. The minimum Gasteiger partial charge on any atom is -0.744 e. The molecule has 0 radical (unpaired) electrons. The molecular weight excluding hydrogens is 407 g/mol. The Bertz CT molecular complexity index is 847. The molecule has 0 N–H and O–H groups in total. The Kier molecular flexibility index (Phi) is 13.5. The Hall–Kier alpha value is 0.246. The molecule has 2 aromatic carbocycles. The van der Waals surface area contributed by atoms with Crippen LogP contribution in [-0.4, -0.2) is 13.0 Å². The van der Waals surface area contributed by atoms with Crippen LogP contribution >= 0.6 is 0 Å². The van der Waals surface area contributed by atoms with Crippen LogP contribution < -0.4 is 51.4 Å². The first-order valence-corrected chi connectivity index (χ1v) is 12.4. The van der Waals surface area contributed by atoms with Gasteiger partial charge in [-0.2, -0.15) is 0 Å². The quantitative estimate of drug-likeness (QED) is 0.269. The average molecular weight is 443 g/mol. The summed E-state index contributed by atoms with van der Waals surface area (Å²) < 4.78 is 35.8. The molecule has 0 aromatic heterocycles. The van der Waals surface area contributed by atoms with E-state index in [0.29, 0.717) is 6.42 Å². The molecule has 0 fully saturated rings. The summed E-state index contributed by atoms with van der Waals surface area (Å²) in [5, 5.41) is 2.05. The predicted octanol–water partition coefficient (Wildman–Crippen LogP) is 3.77. The fourth-order valence-electron chi connectivity index (χ4n) is 4.03. The Morgan fingerprint density at radius 2 is 1.34 bits per heavy atom. The third-order valence-corrected chi connectivity index (χ3v) is 6.47. The summed E-state index contributed by atoms with van der Waals surface area (Å²) in [7, 11) is -4.47. The van der Waals surface area contributed by atoms with E-state index in [-0.39, 0.29) is 56.3 Å². The van der Waals surface area contributed by atoms with E-state index in [1.54, 1.807) is 6.07 Å². The van der Waals surface area contributed by atoms with E-state index in [9.17, 15) is 13.0 Å². The molecule has 0 aliphatic heterocycles. The standard InChI is InChI=1S/C24H36O3S.K/c1-3-5-7-9-11-14-20-15-13-16-21-18-19-23(28(25,26)27)22(24(20)21)17-12-10-8-6-4-2;/h13,15-16,18-19H,3-12,14,17H2,1-2H3,(H,25,26,27);/q;+1/p-1. The smallest absolute Gasteiger partial charge is 0.744 e. The topological polar surface area (TPSA) is 57.2 Å².